The van der Waals surface area contributed by atoms with Crippen LogP contribution in [0.4, 0.5) is 4.79 Å². The number of nitrogens with one attached hydrogen (secondary N) is 4. The summed E-state index contributed by atoms with van der Waals surface area (Å²) in [6.07, 6.45) is 2.44. The average Bonchev–Trinajstić information content (AvgIpc) is 2.98. The third-order valence-corrected chi connectivity index (χ3v) is 3.64. The normalized spacial score (nSPS) is 18.5. The number of hydrogen-bond donors (Lipinski definition) is 5. The van der Waals surface area contributed by atoms with Gasteiger partial charge < -0.3 is 26.4 Å². The Labute approximate surface area is 136 Å². The molecule has 0 aliphatic carbocycles. The minimum atomic E-state index is -1.06. The first-order chi connectivity index (χ1) is 10.9. The molecule has 3 amide bonds. The van der Waals surface area contributed by atoms with Crippen molar-refractivity contribution in [1.82, 2.24) is 21.3 Å². The van der Waals surface area contributed by atoms with Crippen LogP contribution in [0.3, 0.4) is 0 Å². The van der Waals surface area contributed by atoms with Crippen molar-refractivity contribution in [3.8, 4) is 0 Å². The highest BCUT2D eigenvalue weighted by molar-refractivity contribution is 5.90. The molecule has 0 aromatic heterocycles. The van der Waals surface area contributed by atoms with Gasteiger partial charge in [-0.1, -0.05) is 0 Å². The van der Waals surface area contributed by atoms with Gasteiger partial charge in [0.2, 0.25) is 11.8 Å². The summed E-state index contributed by atoms with van der Waals surface area (Å²) in [5, 5.41) is 19.5. The lowest BCUT2D eigenvalue weighted by molar-refractivity contribution is -0.130. The summed E-state index contributed by atoms with van der Waals surface area (Å²) in [4.78, 5) is 34.8. The molecule has 2 atom stereocenters. The molecule has 5 N–H and O–H groups in total. The zero-order valence-electron chi connectivity index (χ0n) is 13.9. The molecule has 1 saturated heterocycles. The van der Waals surface area contributed by atoms with E-state index in [0.717, 1.165) is 19.4 Å². The van der Waals surface area contributed by atoms with Crippen molar-refractivity contribution in [1.29, 1.82) is 0 Å². The second kappa shape index (κ2) is 10.0. The number of carbonyl (C=O) groups is 3. The van der Waals surface area contributed by atoms with Crippen LogP contribution in [0.1, 0.15) is 46.0 Å². The van der Waals surface area contributed by atoms with Gasteiger partial charge in [-0.05, 0) is 52.5 Å². The predicted molar refractivity (Wildman–Crippen MR) is 86.1 cm³/mol. The molecule has 0 radical (unpaired) electrons. The van der Waals surface area contributed by atoms with Crippen molar-refractivity contribution in [3.63, 3.8) is 0 Å². The van der Waals surface area contributed by atoms with Crippen LogP contribution in [-0.2, 0) is 9.59 Å². The molecule has 1 aliphatic heterocycles. The van der Waals surface area contributed by atoms with E-state index in [1.54, 1.807) is 0 Å². The zero-order valence-corrected chi connectivity index (χ0v) is 13.9. The molecule has 8 nitrogen and oxygen atoms in total. The number of carboxylic acid groups (broad SMARTS) is 1. The monoisotopic (exact) mass is 328 g/mol. The number of unbranched alkanes of at least 4 members (excludes halogenated alkanes) is 1. The first-order valence-electron chi connectivity index (χ1n) is 8.21. The third kappa shape index (κ3) is 7.83. The molecule has 132 valence electrons. The molecule has 0 aromatic carbocycles. The number of hydrogen-bond acceptors (Lipinski definition) is 4. The summed E-state index contributed by atoms with van der Waals surface area (Å²) in [5.41, 5.74) is 0. The van der Waals surface area contributed by atoms with Gasteiger partial charge in [0, 0.05) is 12.6 Å². The van der Waals surface area contributed by atoms with Crippen LogP contribution in [0.5, 0.6) is 0 Å². The summed E-state index contributed by atoms with van der Waals surface area (Å²) in [5.74, 6) is -0.340. The quantitative estimate of drug-likeness (QED) is 0.387. The van der Waals surface area contributed by atoms with E-state index in [2.05, 4.69) is 21.3 Å². The largest absolute Gasteiger partial charge is 0.465 e. The second-order valence-corrected chi connectivity index (χ2v) is 6.10. The second-order valence-electron chi connectivity index (χ2n) is 6.10. The molecule has 0 saturated carbocycles. The van der Waals surface area contributed by atoms with E-state index in [1.165, 1.54) is 0 Å². The molecule has 1 rings (SSSR count). The van der Waals surface area contributed by atoms with E-state index < -0.39 is 12.1 Å². The van der Waals surface area contributed by atoms with E-state index in [4.69, 9.17) is 5.11 Å². The molecule has 1 fully saturated rings. The van der Waals surface area contributed by atoms with E-state index in [1.807, 2.05) is 13.8 Å². The maximum absolute atomic E-state index is 12.2. The highest BCUT2D eigenvalue weighted by atomic mass is 16.4. The Morgan fingerprint density at radius 1 is 1.22 bits per heavy atom. The smallest absolute Gasteiger partial charge is 0.404 e. The maximum Gasteiger partial charge on any atom is 0.404 e. The van der Waals surface area contributed by atoms with Crippen LogP contribution in [0.2, 0.25) is 0 Å². The lowest BCUT2D eigenvalue weighted by Gasteiger charge is -2.21. The Morgan fingerprint density at radius 2 is 1.96 bits per heavy atom. The van der Waals surface area contributed by atoms with Gasteiger partial charge in [0.05, 0.1) is 6.04 Å². The van der Waals surface area contributed by atoms with Gasteiger partial charge in [-0.3, -0.25) is 9.59 Å². The molecule has 1 heterocycles. The third-order valence-electron chi connectivity index (χ3n) is 3.64. The zero-order chi connectivity index (χ0) is 17.2. The van der Waals surface area contributed by atoms with Gasteiger partial charge in [0.15, 0.2) is 0 Å². The summed E-state index contributed by atoms with van der Waals surface area (Å²) >= 11 is 0. The Morgan fingerprint density at radius 3 is 2.52 bits per heavy atom. The van der Waals surface area contributed by atoms with Gasteiger partial charge in [0.25, 0.3) is 0 Å². The molecule has 1 aliphatic rings. The predicted octanol–water partition coefficient (Wildman–Crippen LogP) is 0.186. The summed E-state index contributed by atoms with van der Waals surface area (Å²) in [7, 11) is 0. The molecule has 0 unspecified atom stereocenters. The van der Waals surface area contributed by atoms with Crippen LogP contribution in [-0.4, -0.2) is 54.2 Å². The van der Waals surface area contributed by atoms with Crippen molar-refractivity contribution >= 4 is 17.9 Å². The fourth-order valence-electron chi connectivity index (χ4n) is 2.50. The van der Waals surface area contributed by atoms with Crippen LogP contribution >= 0.6 is 0 Å². The molecular weight excluding hydrogens is 300 g/mol. The molecule has 23 heavy (non-hydrogen) atoms. The van der Waals surface area contributed by atoms with Crippen LogP contribution in [0.25, 0.3) is 0 Å². The Bertz CT molecular complexity index is 408. The van der Waals surface area contributed by atoms with Crippen LogP contribution < -0.4 is 21.3 Å². The Kier molecular flexibility index (Phi) is 8.39. The molecule has 8 heteroatoms. The maximum atomic E-state index is 12.2. The van der Waals surface area contributed by atoms with Gasteiger partial charge in [-0.2, -0.15) is 0 Å². The Hall–Kier alpha value is -1.83. The average molecular weight is 328 g/mol. The molecule has 0 bridgehead atoms. The highest BCUT2D eigenvalue weighted by Gasteiger charge is 2.27. The van der Waals surface area contributed by atoms with E-state index >= 15 is 0 Å². The Balaban J connectivity index is 2.45. The first kappa shape index (κ1) is 19.2. The summed E-state index contributed by atoms with van der Waals surface area (Å²) < 4.78 is 0. The van der Waals surface area contributed by atoms with Gasteiger partial charge in [0.1, 0.15) is 6.04 Å². The minimum absolute atomic E-state index is 0.000171. The van der Waals surface area contributed by atoms with Crippen molar-refractivity contribution in [3.05, 3.63) is 0 Å². The standard InChI is InChI=1S/C15H28N4O4/c1-10(2)18-14(21)12(6-3-4-8-17-15(22)23)19-13(20)11-7-5-9-16-11/h10-12,16-17H,3-9H2,1-2H3,(H,18,21)(H,19,20)(H,22,23)/t11-,12-/m0/s1. The number of rotatable bonds is 9. The number of carbonyl (C=O) groups excluding carboxylic acids is 2. The fourth-order valence-corrected chi connectivity index (χ4v) is 2.50. The van der Waals surface area contributed by atoms with E-state index in [9.17, 15) is 14.4 Å². The van der Waals surface area contributed by atoms with Crippen molar-refractivity contribution in [2.24, 2.45) is 0 Å². The van der Waals surface area contributed by atoms with Crippen LogP contribution in [0.15, 0.2) is 0 Å². The van der Waals surface area contributed by atoms with Crippen molar-refractivity contribution < 1.29 is 19.5 Å². The van der Waals surface area contributed by atoms with Crippen LogP contribution in [0, 0.1) is 0 Å². The molecule has 0 aromatic rings. The lowest BCUT2D eigenvalue weighted by Crippen LogP contribution is -2.52. The lowest BCUT2D eigenvalue weighted by atomic mass is 10.1. The number of amides is 3. The van der Waals surface area contributed by atoms with E-state index in [-0.39, 0.29) is 23.9 Å². The molecular formula is C15H28N4O4. The van der Waals surface area contributed by atoms with Crippen molar-refractivity contribution in [2.75, 3.05) is 13.1 Å². The van der Waals surface area contributed by atoms with Gasteiger partial charge >= 0.3 is 6.09 Å². The fraction of sp³-hybridized carbons (Fsp3) is 0.800. The summed E-state index contributed by atoms with van der Waals surface area (Å²) in [6, 6.07) is -0.810. The van der Waals surface area contributed by atoms with E-state index in [0.29, 0.717) is 25.8 Å². The topological polar surface area (TPSA) is 120 Å². The molecule has 0 spiro atoms. The van der Waals surface area contributed by atoms with Gasteiger partial charge in [-0.15, -0.1) is 0 Å². The SMILES string of the molecule is CC(C)NC(=O)[C@H](CCCCNC(=O)O)NC(=O)[C@@H]1CCCN1. The minimum Gasteiger partial charge on any atom is -0.465 e. The van der Waals surface area contributed by atoms with Gasteiger partial charge in [-0.25, -0.2) is 4.79 Å². The van der Waals surface area contributed by atoms with Crippen molar-refractivity contribution in [2.45, 2.75) is 64.1 Å². The first-order valence-corrected chi connectivity index (χ1v) is 8.21. The summed E-state index contributed by atoms with van der Waals surface area (Å²) in [6.45, 7) is 4.89. The highest BCUT2D eigenvalue weighted by Crippen LogP contribution is 2.07.